The molecule has 0 saturated carbocycles. The molecule has 2 aliphatic heterocycles. The van der Waals surface area contributed by atoms with E-state index in [1.54, 1.807) is 50.5 Å². The first-order valence-corrected chi connectivity index (χ1v) is 18.6. The molecule has 52 heavy (non-hydrogen) atoms. The second kappa shape index (κ2) is 17.3. The topological polar surface area (TPSA) is 268 Å². The number of aryl methyl sites for hydroxylation is 1. The summed E-state index contributed by atoms with van der Waals surface area (Å²) in [5.41, 5.74) is 14.1. The average molecular weight is 760 g/mol. The number of nitrogens with one attached hydrogen (secondary N) is 5. The molecule has 2 aromatic rings. The SMILES string of the molecule is Cc1ncsc1-c1ccc([C@H]2NC(=O)[C@@H]3C[C@@H](O)CN3C(=O)[C@H](C(C)(C)C)NC(=O)CSC[C@@H](C(N)=O)NC(=O)[C@@H](CN)NC(=O)CNC2=O)cc1. The quantitative estimate of drug-likeness (QED) is 0.170. The maximum atomic E-state index is 14.1. The molecule has 2 aliphatic rings. The van der Waals surface area contributed by atoms with Crippen LogP contribution in [0.4, 0.5) is 0 Å². The van der Waals surface area contributed by atoms with Gasteiger partial charge in [0.1, 0.15) is 30.2 Å². The Morgan fingerprint density at radius 3 is 2.27 bits per heavy atom. The number of rotatable bonds is 4. The van der Waals surface area contributed by atoms with Gasteiger partial charge in [0.2, 0.25) is 41.4 Å². The molecule has 0 radical (unpaired) electrons. The molecule has 1 aromatic carbocycles. The van der Waals surface area contributed by atoms with Gasteiger partial charge >= 0.3 is 0 Å². The number of amides is 7. The number of fused-ring (bicyclic) bond motifs is 1. The smallest absolute Gasteiger partial charge is 0.247 e. The zero-order valence-electron chi connectivity index (χ0n) is 29.3. The summed E-state index contributed by atoms with van der Waals surface area (Å²) in [6.07, 6.45) is -1.19. The average Bonchev–Trinajstić information content (AvgIpc) is 3.70. The van der Waals surface area contributed by atoms with Crippen LogP contribution in [0.1, 0.15) is 44.5 Å². The zero-order valence-corrected chi connectivity index (χ0v) is 30.9. The number of aromatic nitrogens is 1. The number of primary amides is 1. The lowest BCUT2D eigenvalue weighted by Gasteiger charge is -2.35. The summed E-state index contributed by atoms with van der Waals surface area (Å²) in [5.74, 6) is -5.56. The van der Waals surface area contributed by atoms with E-state index in [9.17, 15) is 38.7 Å². The van der Waals surface area contributed by atoms with E-state index in [4.69, 9.17) is 11.5 Å². The number of aliphatic hydroxyl groups is 1. The van der Waals surface area contributed by atoms with Gasteiger partial charge < -0.3 is 48.1 Å². The molecule has 7 amide bonds. The van der Waals surface area contributed by atoms with E-state index >= 15 is 0 Å². The van der Waals surface area contributed by atoms with Gasteiger partial charge in [0, 0.05) is 25.3 Å². The minimum atomic E-state index is -1.36. The lowest BCUT2D eigenvalue weighted by molar-refractivity contribution is -0.144. The summed E-state index contributed by atoms with van der Waals surface area (Å²) in [6, 6.07) is 0.563. The molecule has 19 heteroatoms. The van der Waals surface area contributed by atoms with Crippen LogP contribution in [0.15, 0.2) is 29.8 Å². The summed E-state index contributed by atoms with van der Waals surface area (Å²) in [4.78, 5) is 99.2. The first-order chi connectivity index (χ1) is 24.5. The van der Waals surface area contributed by atoms with Gasteiger partial charge in [0.05, 0.1) is 34.5 Å². The molecular weight excluding hydrogens is 715 g/mol. The van der Waals surface area contributed by atoms with E-state index in [0.29, 0.717) is 5.56 Å². The van der Waals surface area contributed by atoms with Gasteiger partial charge in [0.15, 0.2) is 0 Å². The highest BCUT2D eigenvalue weighted by molar-refractivity contribution is 8.00. The van der Waals surface area contributed by atoms with Gasteiger partial charge in [-0.1, -0.05) is 45.0 Å². The Bertz CT molecular complexity index is 1680. The fourth-order valence-electron chi connectivity index (χ4n) is 5.75. The number of thiazole rings is 1. The second-order valence-electron chi connectivity index (χ2n) is 13.6. The van der Waals surface area contributed by atoms with Crippen molar-refractivity contribution in [1.29, 1.82) is 0 Å². The molecule has 10 N–H and O–H groups in total. The van der Waals surface area contributed by atoms with Crippen molar-refractivity contribution in [2.45, 2.75) is 70.4 Å². The van der Waals surface area contributed by atoms with Crippen molar-refractivity contribution in [2.24, 2.45) is 16.9 Å². The summed E-state index contributed by atoms with van der Waals surface area (Å²) in [6.45, 7) is 5.87. The van der Waals surface area contributed by atoms with Crippen LogP contribution in [-0.4, -0.2) is 118 Å². The number of benzene rings is 1. The monoisotopic (exact) mass is 759 g/mol. The number of hydrogen-bond donors (Lipinski definition) is 8. The number of carbonyl (C=O) groups is 7. The number of thioether (sulfide) groups is 1. The van der Waals surface area contributed by atoms with Gasteiger partial charge in [-0.2, -0.15) is 0 Å². The van der Waals surface area contributed by atoms with Crippen LogP contribution in [0.5, 0.6) is 0 Å². The van der Waals surface area contributed by atoms with E-state index in [2.05, 4.69) is 31.6 Å². The zero-order chi connectivity index (χ0) is 38.3. The molecule has 2 fully saturated rings. The molecular formula is C33H45N9O8S2. The summed E-state index contributed by atoms with van der Waals surface area (Å²) in [7, 11) is 0. The van der Waals surface area contributed by atoms with E-state index in [1.807, 2.05) is 6.92 Å². The van der Waals surface area contributed by atoms with Crippen molar-refractivity contribution in [3.63, 3.8) is 0 Å². The molecule has 6 atom stereocenters. The predicted octanol–water partition coefficient (Wildman–Crippen LogP) is -1.95. The third kappa shape index (κ3) is 10.0. The van der Waals surface area contributed by atoms with Crippen LogP contribution in [-0.2, 0) is 33.6 Å². The minimum absolute atomic E-state index is 0.114. The molecule has 17 nitrogen and oxygen atoms in total. The van der Waals surface area contributed by atoms with Crippen LogP contribution in [0, 0.1) is 12.3 Å². The highest BCUT2D eigenvalue weighted by Gasteiger charge is 2.45. The molecule has 0 bridgehead atoms. The first-order valence-electron chi connectivity index (χ1n) is 16.5. The van der Waals surface area contributed by atoms with E-state index in [1.165, 1.54) is 16.2 Å². The van der Waals surface area contributed by atoms with E-state index in [-0.39, 0.29) is 31.0 Å². The van der Waals surface area contributed by atoms with Gasteiger partial charge in [-0.15, -0.1) is 23.1 Å². The fourth-order valence-corrected chi connectivity index (χ4v) is 7.43. The number of aliphatic hydroxyl groups excluding tert-OH is 1. The predicted molar refractivity (Wildman–Crippen MR) is 193 cm³/mol. The van der Waals surface area contributed by atoms with Crippen molar-refractivity contribution in [2.75, 3.05) is 31.1 Å². The van der Waals surface area contributed by atoms with Crippen molar-refractivity contribution in [1.82, 2.24) is 36.5 Å². The van der Waals surface area contributed by atoms with E-state index in [0.717, 1.165) is 27.9 Å². The Kier molecular flexibility index (Phi) is 13.4. The Hall–Kier alpha value is -4.59. The molecule has 2 saturated heterocycles. The number of carbonyl (C=O) groups excluding carboxylic acids is 7. The van der Waals surface area contributed by atoms with Crippen LogP contribution in [0.25, 0.3) is 10.4 Å². The Balaban J connectivity index is 1.69. The maximum Gasteiger partial charge on any atom is 0.247 e. The number of hydrogen-bond acceptors (Lipinski definition) is 12. The standard InChI is InChI=1S/C33H45N9O8S2/c1-16-26(52-15-37-16)18-7-5-17(6-8-18)25-31(49)36-11-23(44)38-20(10-34)29(47)39-21(28(35)46)13-51-14-24(45)40-27(33(2,3)4)32(50)42-12-19(43)9-22(42)30(48)41-25/h5-8,15,19-22,25,27,43H,9-14,34H2,1-4H3,(H2,35,46)(H,36,49)(H,38,44)(H,39,47)(H,40,45)(H,41,48)/t19-,20-,21+,22+,25-,27-/m1/s1. The lowest BCUT2D eigenvalue weighted by atomic mass is 9.85. The molecule has 3 heterocycles. The van der Waals surface area contributed by atoms with Crippen LogP contribution in [0.2, 0.25) is 0 Å². The van der Waals surface area contributed by atoms with Crippen LogP contribution >= 0.6 is 23.1 Å². The molecule has 0 aliphatic carbocycles. The number of nitrogens with two attached hydrogens (primary N) is 2. The molecule has 4 rings (SSSR count). The van der Waals surface area contributed by atoms with E-state index < -0.39 is 89.6 Å². The largest absolute Gasteiger partial charge is 0.391 e. The first kappa shape index (κ1) is 40.2. The van der Waals surface area contributed by atoms with Crippen molar-refractivity contribution < 1.29 is 38.7 Å². The molecule has 1 aromatic heterocycles. The normalized spacial score (nSPS) is 26.2. The Morgan fingerprint density at radius 1 is 0.981 bits per heavy atom. The van der Waals surface area contributed by atoms with Crippen molar-refractivity contribution >= 4 is 64.4 Å². The third-order valence-electron chi connectivity index (χ3n) is 8.57. The second-order valence-corrected chi connectivity index (χ2v) is 15.5. The highest BCUT2D eigenvalue weighted by atomic mass is 32.2. The molecule has 282 valence electrons. The Labute approximate surface area is 308 Å². The summed E-state index contributed by atoms with van der Waals surface area (Å²) < 4.78 is 0. The van der Waals surface area contributed by atoms with Gasteiger partial charge in [-0.3, -0.25) is 33.6 Å². The Morgan fingerprint density at radius 2 is 1.67 bits per heavy atom. The van der Waals surface area contributed by atoms with Gasteiger partial charge in [-0.05, 0) is 23.5 Å². The van der Waals surface area contributed by atoms with Crippen LogP contribution in [0.3, 0.4) is 0 Å². The molecule has 0 spiro atoms. The van der Waals surface area contributed by atoms with Crippen molar-refractivity contribution in [3.8, 4) is 10.4 Å². The van der Waals surface area contributed by atoms with Gasteiger partial charge in [-0.25, -0.2) is 4.98 Å². The summed E-state index contributed by atoms with van der Waals surface area (Å²) in [5, 5.41) is 23.4. The number of nitrogens with zero attached hydrogens (tertiary/aromatic N) is 2. The highest BCUT2D eigenvalue weighted by Crippen LogP contribution is 2.30. The van der Waals surface area contributed by atoms with Crippen molar-refractivity contribution in [3.05, 3.63) is 41.0 Å². The lowest BCUT2D eigenvalue weighted by Crippen LogP contribution is -2.58. The maximum absolute atomic E-state index is 14.1. The third-order valence-corrected chi connectivity index (χ3v) is 10.6. The molecule has 0 unspecified atom stereocenters. The van der Waals surface area contributed by atoms with Crippen LogP contribution < -0.4 is 38.1 Å². The fraction of sp³-hybridized carbons (Fsp3) is 0.515. The minimum Gasteiger partial charge on any atom is -0.391 e. The summed E-state index contributed by atoms with van der Waals surface area (Å²) >= 11 is 2.41. The van der Waals surface area contributed by atoms with Gasteiger partial charge in [0.25, 0.3) is 0 Å².